The van der Waals surface area contributed by atoms with Gasteiger partial charge < -0.3 is 29.7 Å². The third-order valence-corrected chi connectivity index (χ3v) is 14.6. The molecule has 0 radical (unpaired) electrons. The first-order valence-electron chi connectivity index (χ1n) is 24.3. The minimum absolute atomic E-state index is 0.0230. The lowest BCUT2D eigenvalue weighted by Crippen LogP contribution is -2.59. The van der Waals surface area contributed by atoms with Crippen molar-refractivity contribution in [1.82, 2.24) is 25.1 Å². The highest BCUT2D eigenvalue weighted by molar-refractivity contribution is 6.24. The molecule has 3 saturated heterocycles. The number of rotatable bonds is 8. The summed E-state index contributed by atoms with van der Waals surface area (Å²) in [7, 11) is 1.59. The van der Waals surface area contributed by atoms with Crippen molar-refractivity contribution in [2.45, 2.75) is 42.6 Å². The van der Waals surface area contributed by atoms with Crippen molar-refractivity contribution in [1.29, 1.82) is 0 Å². The zero-order chi connectivity index (χ0) is 50.2. The molecule has 0 bridgehead atoms. The average molecular weight is 970 g/mol. The van der Waals surface area contributed by atoms with Crippen molar-refractivity contribution >= 4 is 35.5 Å². The van der Waals surface area contributed by atoms with Crippen LogP contribution in [0.5, 0.6) is 11.5 Å². The Morgan fingerprint density at radius 3 is 2.00 bits per heavy atom. The second kappa shape index (κ2) is 19.4. The number of morpholine rings is 1. The number of amides is 4. The number of hydrogen-bond acceptors (Lipinski definition) is 11. The Morgan fingerprint density at radius 1 is 0.726 bits per heavy atom. The van der Waals surface area contributed by atoms with E-state index in [1.807, 2.05) is 132 Å². The molecule has 73 heavy (non-hydrogen) atoms. The Kier molecular flexibility index (Phi) is 12.4. The van der Waals surface area contributed by atoms with Crippen molar-refractivity contribution < 1.29 is 33.8 Å². The number of phenolic OH excluding ortho intramolecular Hbond substituents is 1. The number of nitrogens with zero attached hydrogens (tertiary/aromatic N) is 6. The van der Waals surface area contributed by atoms with Crippen molar-refractivity contribution in [3.63, 3.8) is 0 Å². The van der Waals surface area contributed by atoms with Crippen molar-refractivity contribution in [2.24, 2.45) is 5.92 Å². The van der Waals surface area contributed by atoms with E-state index in [1.165, 1.54) is 12.1 Å². The molecular formula is C59H51N7O7. The summed E-state index contributed by atoms with van der Waals surface area (Å²) in [5.41, 5.74) is 2.62. The van der Waals surface area contributed by atoms with Gasteiger partial charge in [-0.2, -0.15) is 0 Å². The summed E-state index contributed by atoms with van der Waals surface area (Å²) in [4.78, 5) is 79.8. The van der Waals surface area contributed by atoms with Gasteiger partial charge in [0.2, 0.25) is 17.8 Å². The highest BCUT2D eigenvalue weighted by atomic mass is 16.6. The lowest BCUT2D eigenvalue weighted by Gasteiger charge is -2.46. The van der Waals surface area contributed by atoms with E-state index < -0.39 is 65.4 Å². The van der Waals surface area contributed by atoms with Crippen LogP contribution in [0.1, 0.15) is 70.1 Å². The largest absolute Gasteiger partial charge is 0.508 e. The van der Waals surface area contributed by atoms with Gasteiger partial charge in [-0.1, -0.05) is 115 Å². The van der Waals surface area contributed by atoms with E-state index in [0.29, 0.717) is 52.6 Å². The molecule has 14 nitrogen and oxygen atoms in total. The van der Waals surface area contributed by atoms with Gasteiger partial charge in [-0.05, 0) is 95.4 Å². The van der Waals surface area contributed by atoms with E-state index in [-0.39, 0.29) is 24.5 Å². The number of ether oxygens (including phenoxy) is 2. The summed E-state index contributed by atoms with van der Waals surface area (Å²) in [6.07, 6.45) is 2.43. The molecule has 1 spiro atoms. The SMILES string of the molecule is COc1ccc(C#Cc2ccc3c(c2)[C@]2(C(=O)N3C(=O)N[C@H](C)c3ccccc3)[C@H](c3ccc(O)cc3)N3[C@H](c4ccccc4)[C@H](c4ccccc4)OC(=O)[C@H]3[C@@H]2C(=O)N2CCN(c3ncccn3)CC2)cc1. The Morgan fingerprint density at radius 2 is 1.34 bits per heavy atom. The number of esters is 1. The Hall–Kier alpha value is -8.80. The number of piperazine rings is 1. The second-order valence-corrected chi connectivity index (χ2v) is 18.7. The van der Waals surface area contributed by atoms with E-state index in [0.717, 1.165) is 16.0 Å². The number of anilines is 2. The molecule has 1 aromatic heterocycles. The number of phenols is 1. The monoisotopic (exact) mass is 969 g/mol. The van der Waals surface area contributed by atoms with Crippen LogP contribution in [0.25, 0.3) is 0 Å². The van der Waals surface area contributed by atoms with Gasteiger partial charge in [0.1, 0.15) is 29.1 Å². The van der Waals surface area contributed by atoms with Crippen LogP contribution in [0.2, 0.25) is 0 Å². The number of aromatic hydroxyl groups is 1. The molecule has 7 aromatic rings. The minimum atomic E-state index is -2.00. The molecule has 3 fully saturated rings. The van der Waals surface area contributed by atoms with Crippen molar-refractivity contribution in [3.05, 3.63) is 215 Å². The maximum atomic E-state index is 16.8. The first-order valence-corrected chi connectivity index (χ1v) is 24.3. The zero-order valence-corrected chi connectivity index (χ0v) is 40.1. The smallest absolute Gasteiger partial charge is 0.329 e. The van der Waals surface area contributed by atoms with Crippen molar-refractivity contribution in [2.75, 3.05) is 43.1 Å². The van der Waals surface area contributed by atoms with Crippen molar-refractivity contribution in [3.8, 4) is 23.3 Å². The number of cyclic esters (lactones) is 1. The fraction of sp³-hybridized carbons (Fsp3) is 0.220. The van der Waals surface area contributed by atoms with Gasteiger partial charge in [-0.25, -0.2) is 19.7 Å². The molecule has 11 rings (SSSR count). The number of aromatic nitrogens is 2. The zero-order valence-electron chi connectivity index (χ0n) is 40.1. The molecule has 14 heteroatoms. The van der Waals surface area contributed by atoms with E-state index in [1.54, 1.807) is 60.8 Å². The maximum Gasteiger partial charge on any atom is 0.329 e. The summed E-state index contributed by atoms with van der Waals surface area (Å²) in [6, 6.07) is 44.9. The number of imide groups is 1. The number of carbonyl (C=O) groups is 4. The van der Waals surface area contributed by atoms with Gasteiger partial charge in [0, 0.05) is 49.7 Å². The molecule has 6 aromatic carbocycles. The van der Waals surface area contributed by atoms with Gasteiger partial charge in [-0.15, -0.1) is 0 Å². The lowest BCUT2D eigenvalue weighted by atomic mass is 9.64. The summed E-state index contributed by atoms with van der Waals surface area (Å²) >= 11 is 0. The molecule has 4 amide bonds. The molecule has 364 valence electrons. The van der Waals surface area contributed by atoms with Crippen LogP contribution in [0.15, 0.2) is 176 Å². The quantitative estimate of drug-likeness (QED) is 0.112. The van der Waals surface area contributed by atoms with E-state index in [2.05, 4.69) is 27.1 Å². The number of carbonyl (C=O) groups excluding carboxylic acids is 4. The average Bonchev–Trinajstić information content (AvgIpc) is 3.90. The number of nitrogens with one attached hydrogen (secondary N) is 1. The molecule has 4 aliphatic rings. The van der Waals surface area contributed by atoms with Gasteiger partial charge in [0.15, 0.2) is 0 Å². The van der Waals surface area contributed by atoms with Crippen LogP contribution in [0.3, 0.4) is 0 Å². The summed E-state index contributed by atoms with van der Waals surface area (Å²) in [5.74, 6) is 4.40. The standard InChI is InChI=1S/C59H51N7O7/c1-38(41-13-6-3-7-14-41)62-58(71)65-48-30-23-40(20-19-39-21-28-46(72-2)29-22-39)37-47(48)59(56(65)70)49(54(68)63-33-35-64(36-34-63)57-60-31-12-32-61-57)51-55(69)73-52(43-17-10-5-11-18-43)50(42-15-8-4-9-16-42)66(51)53(59)44-24-26-45(67)27-25-44/h3-18,21-32,37-38,49-53,67H,33-36H2,1-2H3,(H,62,71)/t38-,49-,50-,51-,52+,53+,59-/m1/s1. The van der Waals surface area contributed by atoms with Crippen LogP contribution in [-0.2, 0) is 24.5 Å². The molecule has 0 saturated carbocycles. The minimum Gasteiger partial charge on any atom is -0.508 e. The van der Waals surface area contributed by atoms with Gasteiger partial charge in [-0.3, -0.25) is 19.3 Å². The third kappa shape index (κ3) is 8.27. The molecule has 4 aliphatic heterocycles. The van der Waals surface area contributed by atoms with E-state index in [9.17, 15) is 5.11 Å². The number of hydrogen-bond donors (Lipinski definition) is 2. The van der Waals surface area contributed by atoms with E-state index in [4.69, 9.17) is 9.47 Å². The number of urea groups is 1. The van der Waals surface area contributed by atoms with Gasteiger partial charge >= 0.3 is 12.0 Å². The number of methoxy groups -OCH3 is 1. The number of fused-ring (bicyclic) bond motifs is 3. The van der Waals surface area contributed by atoms with Crippen LogP contribution in [-0.4, -0.2) is 88.0 Å². The Bertz CT molecular complexity index is 3240. The molecule has 0 unspecified atom stereocenters. The molecular weight excluding hydrogens is 919 g/mol. The highest BCUT2D eigenvalue weighted by Gasteiger charge is 2.76. The van der Waals surface area contributed by atoms with Gasteiger partial charge in [0.25, 0.3) is 0 Å². The third-order valence-electron chi connectivity index (χ3n) is 14.6. The topological polar surface area (TPSA) is 158 Å². The molecule has 7 atom stereocenters. The highest BCUT2D eigenvalue weighted by Crippen LogP contribution is 2.66. The predicted octanol–water partition coefficient (Wildman–Crippen LogP) is 8.08. The van der Waals surface area contributed by atoms with E-state index >= 15 is 19.2 Å². The Labute approximate surface area is 422 Å². The molecule has 5 heterocycles. The predicted molar refractivity (Wildman–Crippen MR) is 273 cm³/mol. The van der Waals surface area contributed by atoms with Crippen LogP contribution in [0.4, 0.5) is 16.4 Å². The molecule has 0 aliphatic carbocycles. The summed E-state index contributed by atoms with van der Waals surface area (Å²) in [6.45, 7) is 3.03. The second-order valence-electron chi connectivity index (χ2n) is 18.7. The fourth-order valence-electron chi connectivity index (χ4n) is 11.3. The molecule has 2 N–H and O–H groups in total. The van der Waals surface area contributed by atoms with Gasteiger partial charge in [0.05, 0.1) is 36.8 Å². The summed E-state index contributed by atoms with van der Waals surface area (Å²) < 4.78 is 12.1. The normalized spacial score (nSPS) is 22.7. The maximum absolute atomic E-state index is 16.8. The van der Waals surface area contributed by atoms with Crippen LogP contribution < -0.4 is 19.9 Å². The Balaban J connectivity index is 1.16. The fourth-order valence-corrected chi connectivity index (χ4v) is 11.3. The number of benzene rings is 6. The first kappa shape index (κ1) is 46.6. The lowest BCUT2D eigenvalue weighted by molar-refractivity contribution is -0.179. The summed E-state index contributed by atoms with van der Waals surface area (Å²) in [5, 5.41) is 14.0. The first-order chi connectivity index (χ1) is 35.6. The van der Waals surface area contributed by atoms with Crippen LogP contribution >= 0.6 is 0 Å². The van der Waals surface area contributed by atoms with Crippen LogP contribution in [0, 0.1) is 17.8 Å².